The highest BCUT2D eigenvalue weighted by atomic mass is 32.1. The smallest absolute Gasteiger partial charge is 0.276 e. The molecule has 0 radical (unpaired) electrons. The molecule has 0 saturated heterocycles. The molecule has 7 heteroatoms. The van der Waals surface area contributed by atoms with Crippen molar-refractivity contribution in [3.63, 3.8) is 0 Å². The van der Waals surface area contributed by atoms with Crippen LogP contribution in [0.25, 0.3) is 0 Å². The van der Waals surface area contributed by atoms with Gasteiger partial charge in [0.25, 0.3) is 5.91 Å². The summed E-state index contributed by atoms with van der Waals surface area (Å²) < 4.78 is 0. The first kappa shape index (κ1) is 13.1. The normalized spacial score (nSPS) is 14.5. The molecule has 1 amide bonds. The molecule has 106 valence electrons. The SMILES string of the molecule is Cc1nc(CN(C)C(=O)c2n[nH]c(C3CC3)c2N)cs1. The van der Waals surface area contributed by atoms with E-state index in [4.69, 9.17) is 5.73 Å². The van der Waals surface area contributed by atoms with Crippen molar-refractivity contribution in [1.82, 2.24) is 20.1 Å². The highest BCUT2D eigenvalue weighted by Crippen LogP contribution is 2.42. The van der Waals surface area contributed by atoms with E-state index in [-0.39, 0.29) is 5.91 Å². The van der Waals surface area contributed by atoms with Crippen molar-refractivity contribution in [2.45, 2.75) is 32.2 Å². The minimum absolute atomic E-state index is 0.170. The number of aromatic nitrogens is 3. The molecule has 3 rings (SSSR count). The van der Waals surface area contributed by atoms with E-state index in [0.717, 1.165) is 29.2 Å². The van der Waals surface area contributed by atoms with E-state index in [0.29, 0.717) is 23.8 Å². The summed E-state index contributed by atoms with van der Waals surface area (Å²) in [6, 6.07) is 0. The summed E-state index contributed by atoms with van der Waals surface area (Å²) >= 11 is 1.58. The zero-order valence-corrected chi connectivity index (χ0v) is 12.3. The maximum absolute atomic E-state index is 12.4. The average Bonchev–Trinajstić information content (AvgIpc) is 3.07. The summed E-state index contributed by atoms with van der Waals surface area (Å²) in [4.78, 5) is 18.3. The summed E-state index contributed by atoms with van der Waals surface area (Å²) in [5, 5.41) is 9.95. The third-order valence-corrected chi connectivity index (χ3v) is 4.26. The van der Waals surface area contributed by atoms with Crippen LogP contribution < -0.4 is 5.73 Å². The third kappa shape index (κ3) is 2.40. The average molecular weight is 291 g/mol. The first-order valence-electron chi connectivity index (χ1n) is 6.56. The Morgan fingerprint density at radius 1 is 1.60 bits per heavy atom. The Morgan fingerprint density at radius 3 is 2.95 bits per heavy atom. The van der Waals surface area contributed by atoms with Crippen LogP contribution in [0.15, 0.2) is 5.38 Å². The van der Waals surface area contributed by atoms with Gasteiger partial charge in [-0.2, -0.15) is 5.10 Å². The summed E-state index contributed by atoms with van der Waals surface area (Å²) in [6.07, 6.45) is 2.24. The van der Waals surface area contributed by atoms with E-state index in [9.17, 15) is 4.79 Å². The predicted molar refractivity (Wildman–Crippen MR) is 77.6 cm³/mol. The topological polar surface area (TPSA) is 87.9 Å². The fourth-order valence-electron chi connectivity index (χ4n) is 2.19. The van der Waals surface area contributed by atoms with Gasteiger partial charge in [0.15, 0.2) is 5.69 Å². The molecule has 0 bridgehead atoms. The summed E-state index contributed by atoms with van der Waals surface area (Å²) in [5.41, 5.74) is 8.64. The van der Waals surface area contributed by atoms with Gasteiger partial charge in [-0.05, 0) is 19.8 Å². The van der Waals surface area contributed by atoms with Crippen molar-refractivity contribution in [2.24, 2.45) is 0 Å². The Hall–Kier alpha value is -1.89. The molecule has 1 fully saturated rings. The minimum Gasteiger partial charge on any atom is -0.395 e. The summed E-state index contributed by atoms with van der Waals surface area (Å²) in [7, 11) is 1.74. The van der Waals surface area contributed by atoms with E-state index < -0.39 is 0 Å². The van der Waals surface area contributed by atoms with E-state index in [1.54, 1.807) is 23.3 Å². The number of rotatable bonds is 4. The van der Waals surface area contributed by atoms with Crippen LogP contribution in [0.1, 0.15) is 45.6 Å². The first-order valence-corrected chi connectivity index (χ1v) is 7.44. The molecule has 0 atom stereocenters. The van der Waals surface area contributed by atoms with E-state index in [2.05, 4.69) is 15.2 Å². The Balaban J connectivity index is 1.74. The van der Waals surface area contributed by atoms with Crippen molar-refractivity contribution in [3.8, 4) is 0 Å². The number of carbonyl (C=O) groups excluding carboxylic acids is 1. The molecule has 0 spiro atoms. The molecule has 0 aliphatic heterocycles. The molecule has 2 aromatic heterocycles. The number of amides is 1. The van der Waals surface area contributed by atoms with Crippen LogP contribution in [0, 0.1) is 6.92 Å². The van der Waals surface area contributed by atoms with Gasteiger partial charge in [0, 0.05) is 18.3 Å². The lowest BCUT2D eigenvalue weighted by atomic mass is 10.2. The van der Waals surface area contributed by atoms with Crippen LogP contribution in [0.4, 0.5) is 5.69 Å². The van der Waals surface area contributed by atoms with Gasteiger partial charge in [-0.15, -0.1) is 11.3 Å². The minimum atomic E-state index is -0.170. The molecule has 0 aromatic carbocycles. The van der Waals surface area contributed by atoms with Gasteiger partial charge in [0.05, 0.1) is 28.6 Å². The molecule has 1 aliphatic rings. The zero-order chi connectivity index (χ0) is 14.3. The lowest BCUT2D eigenvalue weighted by Gasteiger charge is -2.14. The fraction of sp³-hybridized carbons (Fsp3) is 0.462. The maximum atomic E-state index is 12.4. The number of aromatic amines is 1. The van der Waals surface area contributed by atoms with Crippen LogP contribution in [0.5, 0.6) is 0 Å². The van der Waals surface area contributed by atoms with Gasteiger partial charge >= 0.3 is 0 Å². The van der Waals surface area contributed by atoms with Crippen molar-refractivity contribution >= 4 is 22.9 Å². The third-order valence-electron chi connectivity index (χ3n) is 3.43. The van der Waals surface area contributed by atoms with Crippen molar-refractivity contribution in [2.75, 3.05) is 12.8 Å². The highest BCUT2D eigenvalue weighted by Gasteiger charge is 2.31. The second kappa shape index (κ2) is 4.90. The van der Waals surface area contributed by atoms with Gasteiger partial charge < -0.3 is 10.6 Å². The highest BCUT2D eigenvalue weighted by molar-refractivity contribution is 7.09. The summed E-state index contributed by atoms with van der Waals surface area (Å²) in [6.45, 7) is 2.41. The van der Waals surface area contributed by atoms with Crippen molar-refractivity contribution in [3.05, 3.63) is 27.5 Å². The van der Waals surface area contributed by atoms with Gasteiger partial charge in [-0.25, -0.2) is 4.98 Å². The van der Waals surface area contributed by atoms with E-state index in [1.807, 2.05) is 12.3 Å². The maximum Gasteiger partial charge on any atom is 0.276 e. The Morgan fingerprint density at radius 2 is 2.35 bits per heavy atom. The lowest BCUT2D eigenvalue weighted by Crippen LogP contribution is -2.27. The molecule has 20 heavy (non-hydrogen) atoms. The molecule has 2 aromatic rings. The molecular weight excluding hydrogens is 274 g/mol. The Kier molecular flexibility index (Phi) is 3.21. The number of aryl methyl sites for hydroxylation is 1. The van der Waals surface area contributed by atoms with E-state index >= 15 is 0 Å². The standard InChI is InChI=1S/C13H17N5OS/c1-7-15-9(6-20-7)5-18(2)13(19)12-10(14)11(16-17-12)8-3-4-8/h6,8H,3-5,14H2,1-2H3,(H,16,17). The van der Waals surface area contributed by atoms with Crippen LogP contribution >= 0.6 is 11.3 Å². The number of anilines is 1. The van der Waals surface area contributed by atoms with Gasteiger partial charge in [-0.3, -0.25) is 9.89 Å². The number of nitrogens with zero attached hydrogens (tertiary/aromatic N) is 3. The number of H-pyrrole nitrogens is 1. The van der Waals surface area contributed by atoms with Gasteiger partial charge in [0.2, 0.25) is 0 Å². The largest absolute Gasteiger partial charge is 0.395 e. The molecule has 1 aliphatic carbocycles. The molecular formula is C13H17N5OS. The number of thiazole rings is 1. The molecule has 6 nitrogen and oxygen atoms in total. The van der Waals surface area contributed by atoms with E-state index in [1.165, 1.54) is 0 Å². The number of hydrogen-bond acceptors (Lipinski definition) is 5. The van der Waals surface area contributed by atoms with Gasteiger partial charge in [0.1, 0.15) is 0 Å². The second-order valence-electron chi connectivity index (χ2n) is 5.19. The monoisotopic (exact) mass is 291 g/mol. The Bertz CT molecular complexity index is 643. The molecule has 2 heterocycles. The Labute approximate surface area is 121 Å². The van der Waals surface area contributed by atoms with Crippen LogP contribution in [0.2, 0.25) is 0 Å². The summed E-state index contributed by atoms with van der Waals surface area (Å²) in [5.74, 6) is 0.284. The fourth-order valence-corrected chi connectivity index (χ4v) is 2.79. The number of nitrogens with two attached hydrogens (primary N) is 1. The van der Waals surface area contributed by atoms with Gasteiger partial charge in [-0.1, -0.05) is 0 Å². The van der Waals surface area contributed by atoms with Crippen LogP contribution in [0.3, 0.4) is 0 Å². The molecule has 3 N–H and O–H groups in total. The zero-order valence-electron chi connectivity index (χ0n) is 11.5. The van der Waals surface area contributed by atoms with Crippen molar-refractivity contribution < 1.29 is 4.79 Å². The number of nitrogen functional groups attached to an aromatic ring is 1. The molecule has 1 saturated carbocycles. The van der Waals surface area contributed by atoms with Crippen molar-refractivity contribution in [1.29, 1.82) is 0 Å². The number of carbonyl (C=O) groups is 1. The quantitative estimate of drug-likeness (QED) is 0.900. The second-order valence-corrected chi connectivity index (χ2v) is 6.26. The predicted octanol–water partition coefficient (Wildman–Crippen LogP) is 1.91. The molecule has 0 unspecified atom stereocenters. The van der Waals surface area contributed by atoms with Crippen LogP contribution in [-0.2, 0) is 6.54 Å². The number of nitrogens with one attached hydrogen (secondary N) is 1. The number of hydrogen-bond donors (Lipinski definition) is 2. The van der Waals surface area contributed by atoms with Crippen LogP contribution in [-0.4, -0.2) is 33.0 Å². The first-order chi connectivity index (χ1) is 9.56. The lowest BCUT2D eigenvalue weighted by molar-refractivity contribution is 0.0779.